The predicted octanol–water partition coefficient (Wildman–Crippen LogP) is 2.69. The Balaban J connectivity index is 2.07. The Morgan fingerprint density at radius 2 is 1.79 bits per heavy atom. The lowest BCUT2D eigenvalue weighted by atomic mass is 9.88. The molecule has 1 amide bonds. The molecule has 3 rings (SSSR count). The zero-order valence-corrected chi connectivity index (χ0v) is 11.6. The third-order valence-corrected chi connectivity index (χ3v) is 4.57. The summed E-state index contributed by atoms with van der Waals surface area (Å²) < 4.78 is 0. The van der Waals surface area contributed by atoms with Crippen LogP contribution in [0.2, 0.25) is 0 Å². The third-order valence-electron chi connectivity index (χ3n) is 4.57. The van der Waals surface area contributed by atoms with E-state index in [1.807, 2.05) is 38.4 Å². The highest BCUT2D eigenvalue weighted by atomic mass is 16.2. The number of hydrogen-bond donors (Lipinski definition) is 1. The van der Waals surface area contributed by atoms with Crippen LogP contribution in [-0.2, 0) is 0 Å². The van der Waals surface area contributed by atoms with E-state index in [0.29, 0.717) is 0 Å². The Morgan fingerprint density at radius 1 is 1.11 bits per heavy atom. The molecule has 102 valence electrons. The van der Waals surface area contributed by atoms with Crippen molar-refractivity contribution in [3.05, 3.63) is 29.8 Å². The molecule has 0 saturated heterocycles. The first kappa shape index (κ1) is 12.5. The second-order valence-corrected chi connectivity index (χ2v) is 5.62. The molecule has 1 N–H and O–H groups in total. The van der Waals surface area contributed by atoms with Gasteiger partial charge in [0.1, 0.15) is 5.66 Å². The van der Waals surface area contributed by atoms with Gasteiger partial charge >= 0.3 is 0 Å². The summed E-state index contributed by atoms with van der Waals surface area (Å²) in [5.41, 5.74) is 1.61. The molecule has 4 heteroatoms. The maximum absolute atomic E-state index is 12.5. The maximum atomic E-state index is 12.5. The third kappa shape index (κ3) is 1.91. The lowest BCUT2D eigenvalue weighted by molar-refractivity contribution is -0.0510. The van der Waals surface area contributed by atoms with Crippen molar-refractivity contribution in [1.82, 2.24) is 10.0 Å². The zero-order valence-electron chi connectivity index (χ0n) is 11.6. The Hall–Kier alpha value is -1.55. The summed E-state index contributed by atoms with van der Waals surface area (Å²) >= 11 is 0. The number of carbonyl (C=O) groups is 1. The van der Waals surface area contributed by atoms with Gasteiger partial charge in [-0.2, -0.15) is 5.01 Å². The number of hydrazine groups is 1. The second-order valence-electron chi connectivity index (χ2n) is 5.62. The number of anilines is 1. The number of amides is 1. The summed E-state index contributed by atoms with van der Waals surface area (Å²) in [5, 5.41) is 7.49. The van der Waals surface area contributed by atoms with Crippen molar-refractivity contribution in [2.45, 2.75) is 37.8 Å². The van der Waals surface area contributed by atoms with Crippen LogP contribution in [0, 0.1) is 0 Å². The Bertz CT molecular complexity index is 494. The van der Waals surface area contributed by atoms with Gasteiger partial charge in [0, 0.05) is 19.8 Å². The van der Waals surface area contributed by atoms with Gasteiger partial charge in [0.2, 0.25) is 0 Å². The van der Waals surface area contributed by atoms with Gasteiger partial charge in [0.15, 0.2) is 0 Å². The van der Waals surface area contributed by atoms with Crippen LogP contribution in [0.1, 0.15) is 42.5 Å². The molecular formula is C15H21N3O. The SMILES string of the molecule is CN1C(=O)c2ccccc2NC2(CCCCC2)N1C. The van der Waals surface area contributed by atoms with E-state index < -0.39 is 0 Å². The van der Waals surface area contributed by atoms with Gasteiger partial charge in [-0.1, -0.05) is 18.6 Å². The first-order valence-corrected chi connectivity index (χ1v) is 7.03. The van der Waals surface area contributed by atoms with Crippen LogP contribution in [0.15, 0.2) is 24.3 Å². The Labute approximate surface area is 114 Å². The fourth-order valence-corrected chi connectivity index (χ4v) is 3.29. The van der Waals surface area contributed by atoms with Gasteiger partial charge in [0.25, 0.3) is 5.91 Å². The first-order chi connectivity index (χ1) is 9.14. The smallest absolute Gasteiger partial charge is 0.270 e. The molecule has 0 radical (unpaired) electrons. The van der Waals surface area contributed by atoms with E-state index >= 15 is 0 Å². The molecule has 1 aliphatic heterocycles. The molecule has 1 aliphatic carbocycles. The predicted molar refractivity (Wildman–Crippen MR) is 75.7 cm³/mol. The number of nitrogens with one attached hydrogen (secondary N) is 1. The Morgan fingerprint density at radius 3 is 2.53 bits per heavy atom. The average molecular weight is 259 g/mol. The van der Waals surface area contributed by atoms with Gasteiger partial charge in [-0.15, -0.1) is 0 Å². The van der Waals surface area contributed by atoms with E-state index in [4.69, 9.17) is 0 Å². The van der Waals surface area contributed by atoms with Crippen LogP contribution < -0.4 is 5.32 Å². The van der Waals surface area contributed by atoms with Crippen LogP contribution >= 0.6 is 0 Å². The number of nitrogens with zero attached hydrogens (tertiary/aromatic N) is 2. The highest BCUT2D eigenvalue weighted by molar-refractivity contribution is 5.99. The van der Waals surface area contributed by atoms with Crippen molar-refractivity contribution in [3.63, 3.8) is 0 Å². The first-order valence-electron chi connectivity index (χ1n) is 7.03. The fraction of sp³-hybridized carbons (Fsp3) is 0.533. The van der Waals surface area contributed by atoms with Gasteiger partial charge in [-0.05, 0) is 37.8 Å². The van der Waals surface area contributed by atoms with E-state index in [9.17, 15) is 4.79 Å². The lowest BCUT2D eigenvalue weighted by Gasteiger charge is -2.47. The molecule has 1 aromatic carbocycles. The molecule has 1 aromatic rings. The topological polar surface area (TPSA) is 35.6 Å². The summed E-state index contributed by atoms with van der Waals surface area (Å²) in [6.07, 6.45) is 5.87. The van der Waals surface area contributed by atoms with Crippen molar-refractivity contribution in [1.29, 1.82) is 0 Å². The monoisotopic (exact) mass is 259 g/mol. The average Bonchev–Trinajstić information content (AvgIpc) is 2.52. The summed E-state index contributed by atoms with van der Waals surface area (Å²) in [7, 11) is 3.88. The summed E-state index contributed by atoms with van der Waals surface area (Å²) in [5.74, 6) is 0.0630. The van der Waals surface area contributed by atoms with E-state index in [-0.39, 0.29) is 11.6 Å². The van der Waals surface area contributed by atoms with Crippen LogP contribution in [0.3, 0.4) is 0 Å². The van der Waals surface area contributed by atoms with E-state index in [2.05, 4.69) is 10.3 Å². The molecule has 0 bridgehead atoms. The molecule has 1 fully saturated rings. The number of rotatable bonds is 0. The molecule has 0 aromatic heterocycles. The molecule has 0 atom stereocenters. The minimum absolute atomic E-state index is 0.0630. The molecular weight excluding hydrogens is 238 g/mol. The van der Waals surface area contributed by atoms with Crippen LogP contribution in [0.5, 0.6) is 0 Å². The van der Waals surface area contributed by atoms with Gasteiger partial charge in [-0.3, -0.25) is 9.80 Å². The largest absolute Gasteiger partial charge is 0.365 e. The van der Waals surface area contributed by atoms with Gasteiger partial charge < -0.3 is 5.32 Å². The molecule has 2 aliphatic rings. The second kappa shape index (κ2) is 4.53. The number of carbonyl (C=O) groups excluding carboxylic acids is 1. The minimum atomic E-state index is -0.116. The molecule has 0 unspecified atom stereocenters. The molecule has 4 nitrogen and oxygen atoms in total. The van der Waals surface area contributed by atoms with Crippen LogP contribution in [0.25, 0.3) is 0 Å². The van der Waals surface area contributed by atoms with Crippen molar-refractivity contribution < 1.29 is 4.79 Å². The highest BCUT2D eigenvalue weighted by Gasteiger charge is 2.42. The molecule has 1 saturated carbocycles. The zero-order chi connectivity index (χ0) is 13.5. The van der Waals surface area contributed by atoms with E-state index in [1.165, 1.54) is 19.3 Å². The van der Waals surface area contributed by atoms with E-state index in [0.717, 1.165) is 24.1 Å². The van der Waals surface area contributed by atoms with Gasteiger partial charge in [0.05, 0.1) is 5.56 Å². The summed E-state index contributed by atoms with van der Waals surface area (Å²) in [4.78, 5) is 12.5. The quantitative estimate of drug-likeness (QED) is 0.778. The van der Waals surface area contributed by atoms with E-state index in [1.54, 1.807) is 5.01 Å². The van der Waals surface area contributed by atoms with Crippen LogP contribution in [-0.4, -0.2) is 35.7 Å². The number of fused-ring (bicyclic) bond motifs is 1. The fourth-order valence-electron chi connectivity index (χ4n) is 3.29. The number of hydrogen-bond acceptors (Lipinski definition) is 3. The summed E-state index contributed by atoms with van der Waals surface area (Å²) in [6, 6.07) is 7.82. The standard InChI is InChI=1S/C15H21N3O/c1-17-14(19)12-8-4-5-9-13(12)16-15(18(17)2)10-6-3-7-11-15/h4-5,8-9,16H,3,6-7,10-11H2,1-2H3. The number of benzene rings is 1. The molecule has 1 heterocycles. The van der Waals surface area contributed by atoms with Crippen molar-refractivity contribution in [3.8, 4) is 0 Å². The van der Waals surface area contributed by atoms with Gasteiger partial charge in [-0.25, -0.2) is 0 Å². The lowest BCUT2D eigenvalue weighted by Crippen LogP contribution is -2.59. The maximum Gasteiger partial charge on any atom is 0.270 e. The summed E-state index contributed by atoms with van der Waals surface area (Å²) in [6.45, 7) is 0. The normalized spacial score (nSPS) is 22.8. The molecule has 19 heavy (non-hydrogen) atoms. The minimum Gasteiger partial charge on any atom is -0.365 e. The van der Waals surface area contributed by atoms with Crippen molar-refractivity contribution in [2.75, 3.05) is 19.4 Å². The van der Waals surface area contributed by atoms with Crippen molar-refractivity contribution >= 4 is 11.6 Å². The Kier molecular flexibility index (Phi) is 2.97. The molecule has 1 spiro atoms. The highest BCUT2D eigenvalue weighted by Crippen LogP contribution is 2.38. The van der Waals surface area contributed by atoms with Crippen LogP contribution in [0.4, 0.5) is 5.69 Å². The van der Waals surface area contributed by atoms with Crippen molar-refractivity contribution in [2.24, 2.45) is 0 Å². The number of para-hydroxylation sites is 1.